The number of benzene rings is 2. The van der Waals surface area contributed by atoms with Crippen molar-refractivity contribution in [2.45, 2.75) is 6.42 Å². The molecule has 1 amide bonds. The molecule has 3 aromatic rings. The molecule has 0 atom stereocenters. The average Bonchev–Trinajstić information content (AvgIpc) is 3.16. The Morgan fingerprint density at radius 1 is 1.07 bits per heavy atom. The topological polar surface area (TPSA) is 86.5 Å². The summed E-state index contributed by atoms with van der Waals surface area (Å²) >= 11 is 5.80. The van der Waals surface area contributed by atoms with Gasteiger partial charge in [0.15, 0.2) is 6.61 Å². The van der Waals surface area contributed by atoms with Crippen LogP contribution in [0.15, 0.2) is 52.9 Å². The Morgan fingerprint density at radius 2 is 1.78 bits per heavy atom. The van der Waals surface area contributed by atoms with Gasteiger partial charge in [-0.1, -0.05) is 11.6 Å². The van der Waals surface area contributed by atoms with Gasteiger partial charge in [-0.25, -0.2) is 0 Å². The Kier molecular flexibility index (Phi) is 6.27. The third-order valence-corrected chi connectivity index (χ3v) is 3.90. The summed E-state index contributed by atoms with van der Waals surface area (Å²) in [4.78, 5) is 11.8. The second-order valence-corrected chi connectivity index (χ2v) is 6.01. The third kappa shape index (κ3) is 5.46. The molecule has 0 saturated heterocycles. The molecular formula is C19H18ClN3O4. The maximum Gasteiger partial charge on any atom is 0.257 e. The van der Waals surface area contributed by atoms with Crippen LogP contribution in [0.1, 0.15) is 5.89 Å². The van der Waals surface area contributed by atoms with Gasteiger partial charge in [-0.3, -0.25) is 4.79 Å². The highest BCUT2D eigenvalue weighted by atomic mass is 35.5. The summed E-state index contributed by atoms with van der Waals surface area (Å²) in [5.74, 6) is 1.96. The number of halogens is 1. The Labute approximate surface area is 161 Å². The quantitative estimate of drug-likeness (QED) is 0.639. The van der Waals surface area contributed by atoms with Gasteiger partial charge in [0.05, 0.1) is 7.11 Å². The predicted molar refractivity (Wildman–Crippen MR) is 99.9 cm³/mol. The average molecular weight is 388 g/mol. The molecule has 0 aliphatic carbocycles. The number of carbonyl (C=O) groups is 1. The minimum absolute atomic E-state index is 0.0808. The maximum atomic E-state index is 11.8. The molecule has 0 aliphatic heterocycles. The summed E-state index contributed by atoms with van der Waals surface area (Å²) in [6, 6.07) is 14.1. The maximum absolute atomic E-state index is 11.8. The number of ether oxygens (including phenoxy) is 2. The lowest BCUT2D eigenvalue weighted by Gasteiger charge is -2.06. The van der Waals surface area contributed by atoms with Crippen LogP contribution in [0.5, 0.6) is 11.5 Å². The van der Waals surface area contributed by atoms with E-state index in [1.54, 1.807) is 31.4 Å². The molecule has 2 aromatic carbocycles. The molecule has 140 valence electrons. The molecule has 1 heterocycles. The normalized spacial score (nSPS) is 10.4. The van der Waals surface area contributed by atoms with E-state index in [4.69, 9.17) is 25.5 Å². The molecule has 8 heteroatoms. The van der Waals surface area contributed by atoms with Crippen LogP contribution in [0.25, 0.3) is 11.5 Å². The molecule has 1 aromatic heterocycles. The fraction of sp³-hybridized carbons (Fsp3) is 0.211. The Balaban J connectivity index is 1.43. The molecule has 0 radical (unpaired) electrons. The zero-order valence-electron chi connectivity index (χ0n) is 14.6. The Hall–Kier alpha value is -3.06. The second kappa shape index (κ2) is 9.05. The van der Waals surface area contributed by atoms with Crippen LogP contribution >= 0.6 is 11.6 Å². The lowest BCUT2D eigenvalue weighted by Crippen LogP contribution is -2.30. The predicted octanol–water partition coefficient (Wildman–Crippen LogP) is 3.14. The van der Waals surface area contributed by atoms with Gasteiger partial charge in [0, 0.05) is 23.6 Å². The van der Waals surface area contributed by atoms with E-state index in [2.05, 4.69) is 15.5 Å². The van der Waals surface area contributed by atoms with Crippen LogP contribution < -0.4 is 14.8 Å². The SMILES string of the molecule is COc1ccc(-c2nnc(CCNC(=O)COc3ccc(Cl)cc3)o2)cc1. The first-order valence-corrected chi connectivity index (χ1v) is 8.64. The lowest BCUT2D eigenvalue weighted by molar-refractivity contribution is -0.123. The number of nitrogens with zero attached hydrogens (tertiary/aromatic N) is 2. The molecular weight excluding hydrogens is 370 g/mol. The standard InChI is InChI=1S/C19H18ClN3O4/c1-25-15-6-2-13(3-7-15)19-23-22-18(27-19)10-11-21-17(24)12-26-16-8-4-14(20)5-9-16/h2-9H,10-12H2,1H3,(H,21,24). The Morgan fingerprint density at radius 3 is 2.48 bits per heavy atom. The number of nitrogens with one attached hydrogen (secondary N) is 1. The van der Waals surface area contributed by atoms with Gasteiger partial charge < -0.3 is 19.2 Å². The summed E-state index contributed by atoms with van der Waals surface area (Å²) in [6.07, 6.45) is 0.426. The molecule has 0 bridgehead atoms. The van der Waals surface area contributed by atoms with Crippen molar-refractivity contribution in [3.8, 4) is 23.0 Å². The fourth-order valence-electron chi connectivity index (χ4n) is 2.24. The molecule has 0 saturated carbocycles. The van der Waals surface area contributed by atoms with Gasteiger partial charge in [-0.05, 0) is 48.5 Å². The molecule has 0 aliphatic rings. The van der Waals surface area contributed by atoms with Crippen molar-refractivity contribution < 1.29 is 18.7 Å². The van der Waals surface area contributed by atoms with Crippen molar-refractivity contribution in [3.05, 3.63) is 59.4 Å². The monoisotopic (exact) mass is 387 g/mol. The summed E-state index contributed by atoms with van der Waals surface area (Å²) in [5.41, 5.74) is 0.801. The molecule has 1 N–H and O–H groups in total. The number of amides is 1. The van der Waals surface area contributed by atoms with E-state index in [0.717, 1.165) is 11.3 Å². The van der Waals surface area contributed by atoms with E-state index in [-0.39, 0.29) is 12.5 Å². The number of aromatic nitrogens is 2. The van der Waals surface area contributed by atoms with Crippen molar-refractivity contribution in [2.75, 3.05) is 20.3 Å². The highest BCUT2D eigenvalue weighted by Gasteiger charge is 2.09. The zero-order chi connectivity index (χ0) is 19.1. The van der Waals surface area contributed by atoms with Gasteiger partial charge in [0.2, 0.25) is 11.8 Å². The van der Waals surface area contributed by atoms with Crippen LogP contribution in [0.3, 0.4) is 0 Å². The van der Waals surface area contributed by atoms with Gasteiger partial charge in [-0.2, -0.15) is 0 Å². The largest absolute Gasteiger partial charge is 0.497 e. The number of rotatable bonds is 8. The molecule has 7 nitrogen and oxygen atoms in total. The van der Waals surface area contributed by atoms with Crippen molar-refractivity contribution in [2.24, 2.45) is 0 Å². The van der Waals surface area contributed by atoms with Crippen LogP contribution in [0, 0.1) is 0 Å². The van der Waals surface area contributed by atoms with Crippen LogP contribution in [-0.4, -0.2) is 36.4 Å². The van der Waals surface area contributed by atoms with Gasteiger partial charge >= 0.3 is 0 Å². The lowest BCUT2D eigenvalue weighted by atomic mass is 10.2. The van der Waals surface area contributed by atoms with Crippen molar-refractivity contribution in [1.82, 2.24) is 15.5 Å². The minimum Gasteiger partial charge on any atom is -0.497 e. The molecule has 3 rings (SSSR count). The molecule has 0 fully saturated rings. The summed E-state index contributed by atoms with van der Waals surface area (Å²) in [7, 11) is 1.61. The molecule has 0 spiro atoms. The van der Waals surface area contributed by atoms with Gasteiger partial charge in [0.25, 0.3) is 5.91 Å². The van der Waals surface area contributed by atoms with Crippen LogP contribution in [-0.2, 0) is 11.2 Å². The smallest absolute Gasteiger partial charge is 0.257 e. The van der Waals surface area contributed by atoms with Crippen molar-refractivity contribution in [3.63, 3.8) is 0 Å². The molecule has 27 heavy (non-hydrogen) atoms. The fourth-order valence-corrected chi connectivity index (χ4v) is 2.37. The summed E-state index contributed by atoms with van der Waals surface area (Å²) in [6.45, 7) is 0.287. The van der Waals surface area contributed by atoms with Crippen molar-refractivity contribution in [1.29, 1.82) is 0 Å². The van der Waals surface area contributed by atoms with E-state index in [9.17, 15) is 4.79 Å². The Bertz CT molecular complexity index is 879. The highest BCUT2D eigenvalue weighted by Crippen LogP contribution is 2.21. The first kappa shape index (κ1) is 18.7. The number of methoxy groups -OCH3 is 1. The summed E-state index contributed by atoms with van der Waals surface area (Å²) < 4.78 is 16.1. The molecule has 0 unspecified atom stereocenters. The number of hydrogen-bond acceptors (Lipinski definition) is 6. The van der Waals surface area contributed by atoms with Crippen LogP contribution in [0.4, 0.5) is 0 Å². The summed E-state index contributed by atoms with van der Waals surface area (Å²) in [5, 5.41) is 11.4. The third-order valence-electron chi connectivity index (χ3n) is 3.65. The van der Waals surface area contributed by atoms with Gasteiger partial charge in [0.1, 0.15) is 11.5 Å². The number of carbonyl (C=O) groups excluding carboxylic acids is 1. The van der Waals surface area contributed by atoms with E-state index in [0.29, 0.717) is 35.5 Å². The van der Waals surface area contributed by atoms with E-state index < -0.39 is 0 Å². The van der Waals surface area contributed by atoms with E-state index in [1.807, 2.05) is 24.3 Å². The first-order valence-electron chi connectivity index (χ1n) is 8.26. The van der Waals surface area contributed by atoms with E-state index in [1.165, 1.54) is 0 Å². The van der Waals surface area contributed by atoms with Crippen molar-refractivity contribution >= 4 is 17.5 Å². The second-order valence-electron chi connectivity index (χ2n) is 5.57. The first-order chi connectivity index (χ1) is 13.1. The highest BCUT2D eigenvalue weighted by molar-refractivity contribution is 6.30. The van der Waals surface area contributed by atoms with Crippen LogP contribution in [0.2, 0.25) is 5.02 Å². The zero-order valence-corrected chi connectivity index (χ0v) is 15.4. The van der Waals surface area contributed by atoms with E-state index >= 15 is 0 Å². The minimum atomic E-state index is -0.236. The van der Waals surface area contributed by atoms with Gasteiger partial charge in [-0.15, -0.1) is 10.2 Å². The number of hydrogen-bond donors (Lipinski definition) is 1.